The van der Waals surface area contributed by atoms with Gasteiger partial charge in [0.05, 0.1) is 17.1 Å². The summed E-state index contributed by atoms with van der Waals surface area (Å²) in [5, 5.41) is 33.3. The van der Waals surface area contributed by atoms with Crippen molar-refractivity contribution in [3.63, 3.8) is 0 Å². The van der Waals surface area contributed by atoms with Gasteiger partial charge in [-0.15, -0.1) is 10.1 Å². The lowest BCUT2D eigenvalue weighted by Crippen LogP contribution is -2.21. The SMILES string of the molecule is CC(=O)c1c(O)oc(=O)c(C(C)=Nc2cccc(N=C(N)N)c2)c1O.O=[N+]([O-])O. The summed E-state index contributed by atoms with van der Waals surface area (Å²) < 4.78 is 4.60. The van der Waals surface area contributed by atoms with Gasteiger partial charge in [0, 0.05) is 0 Å². The molecule has 1 aromatic carbocycles. The van der Waals surface area contributed by atoms with Gasteiger partial charge in [-0.1, -0.05) is 6.07 Å². The molecule has 13 nitrogen and oxygen atoms in total. The van der Waals surface area contributed by atoms with Crippen LogP contribution in [0.3, 0.4) is 0 Å². The van der Waals surface area contributed by atoms with E-state index < -0.39 is 33.8 Å². The van der Waals surface area contributed by atoms with Crippen LogP contribution in [-0.2, 0) is 0 Å². The van der Waals surface area contributed by atoms with Gasteiger partial charge in [-0.2, -0.15) is 0 Å². The minimum Gasteiger partial charge on any atom is -0.506 e. The van der Waals surface area contributed by atoms with Crippen molar-refractivity contribution in [2.24, 2.45) is 21.5 Å². The van der Waals surface area contributed by atoms with E-state index in [1.807, 2.05) is 0 Å². The first kappa shape index (κ1) is 22.6. The number of hydrogen-bond donors (Lipinski definition) is 5. The third-order valence-corrected chi connectivity index (χ3v) is 3.18. The second kappa shape index (κ2) is 9.50. The van der Waals surface area contributed by atoms with Crippen LogP contribution in [0.2, 0.25) is 0 Å². The Bertz CT molecular complexity index is 1050. The second-order valence-corrected chi connectivity index (χ2v) is 5.34. The van der Waals surface area contributed by atoms with Gasteiger partial charge in [-0.05, 0) is 32.0 Å². The van der Waals surface area contributed by atoms with Gasteiger partial charge in [-0.25, -0.2) is 9.79 Å². The first-order valence-corrected chi connectivity index (χ1v) is 7.62. The molecule has 0 saturated carbocycles. The van der Waals surface area contributed by atoms with E-state index >= 15 is 0 Å². The molecule has 0 aliphatic carbocycles. The number of benzene rings is 1. The Hall–Kier alpha value is -4.42. The lowest BCUT2D eigenvalue weighted by atomic mass is 10.1. The van der Waals surface area contributed by atoms with Gasteiger partial charge in [0.2, 0.25) is 0 Å². The average molecular weight is 407 g/mol. The maximum Gasteiger partial charge on any atom is 0.351 e. The number of carbonyl (C=O) groups excluding carboxylic acids is 1. The Balaban J connectivity index is 0.000000960. The standard InChI is InChI=1S/C16H16N4O5.HNO3/c1-7(19-9-4-3-5-10(6-9)20-16(17)18)11-13(22)12(8(2)21)15(24)25-14(11)23;2-1(3)4/h3-6,22,24H,1-2H3,(H4,17,18,20);(H,2,3,4). The van der Waals surface area contributed by atoms with Gasteiger partial charge >= 0.3 is 5.63 Å². The summed E-state index contributed by atoms with van der Waals surface area (Å²) in [6.07, 6.45) is 0. The van der Waals surface area contributed by atoms with Gasteiger partial charge < -0.3 is 31.3 Å². The van der Waals surface area contributed by atoms with E-state index in [0.29, 0.717) is 11.4 Å². The number of hydrogen-bond acceptors (Lipinski definition) is 9. The normalized spacial score (nSPS) is 10.5. The molecule has 0 saturated heterocycles. The van der Waals surface area contributed by atoms with Gasteiger partial charge in [0.15, 0.2) is 11.7 Å². The first-order valence-electron chi connectivity index (χ1n) is 7.62. The molecule has 0 amide bonds. The number of nitrogens with zero attached hydrogens (tertiary/aromatic N) is 3. The molecular weight excluding hydrogens is 390 g/mol. The molecule has 0 radical (unpaired) electrons. The quantitative estimate of drug-likeness (QED) is 0.158. The maximum atomic E-state index is 11.9. The summed E-state index contributed by atoms with van der Waals surface area (Å²) in [5.41, 5.74) is 9.72. The van der Waals surface area contributed by atoms with Crippen molar-refractivity contribution in [3.05, 3.63) is 55.9 Å². The highest BCUT2D eigenvalue weighted by Crippen LogP contribution is 2.29. The van der Waals surface area contributed by atoms with E-state index in [1.165, 1.54) is 6.92 Å². The Morgan fingerprint density at radius 1 is 1.14 bits per heavy atom. The topological polar surface area (TPSA) is 228 Å². The minimum absolute atomic E-state index is 0.0793. The van der Waals surface area contributed by atoms with Crippen molar-refractivity contribution in [2.75, 3.05) is 0 Å². The zero-order chi connectivity index (χ0) is 22.3. The van der Waals surface area contributed by atoms with Crippen molar-refractivity contribution in [3.8, 4) is 11.7 Å². The highest BCUT2D eigenvalue weighted by atomic mass is 16.9. The molecule has 13 heteroatoms. The van der Waals surface area contributed by atoms with E-state index in [-0.39, 0.29) is 17.2 Å². The molecule has 1 aromatic heterocycles. The zero-order valence-electron chi connectivity index (χ0n) is 15.2. The smallest absolute Gasteiger partial charge is 0.351 e. The van der Waals surface area contributed by atoms with Crippen molar-refractivity contribution in [1.29, 1.82) is 0 Å². The molecule has 7 N–H and O–H groups in total. The zero-order valence-corrected chi connectivity index (χ0v) is 15.2. The predicted octanol–water partition coefficient (Wildman–Crippen LogP) is 0.952. The van der Waals surface area contributed by atoms with Crippen LogP contribution >= 0.6 is 0 Å². The fourth-order valence-corrected chi connectivity index (χ4v) is 2.18. The lowest BCUT2D eigenvalue weighted by molar-refractivity contribution is -0.742. The van der Waals surface area contributed by atoms with Crippen LogP contribution in [0.5, 0.6) is 11.7 Å². The highest BCUT2D eigenvalue weighted by Gasteiger charge is 2.23. The molecule has 2 rings (SSSR count). The van der Waals surface area contributed by atoms with Crippen LogP contribution in [0, 0.1) is 10.1 Å². The molecule has 0 unspecified atom stereocenters. The summed E-state index contributed by atoms with van der Waals surface area (Å²) in [6, 6.07) is 6.47. The molecule has 29 heavy (non-hydrogen) atoms. The third-order valence-electron chi connectivity index (χ3n) is 3.18. The van der Waals surface area contributed by atoms with Crippen LogP contribution in [0.4, 0.5) is 11.4 Å². The van der Waals surface area contributed by atoms with Crippen LogP contribution in [0.1, 0.15) is 29.8 Å². The number of aliphatic imine (C=N–C) groups is 2. The number of ketones is 1. The molecule has 0 fully saturated rings. The van der Waals surface area contributed by atoms with Crippen LogP contribution in [-0.4, -0.2) is 38.0 Å². The van der Waals surface area contributed by atoms with E-state index in [2.05, 4.69) is 14.4 Å². The molecule has 0 spiro atoms. The number of guanidine groups is 1. The molecule has 2 aromatic rings. The monoisotopic (exact) mass is 407 g/mol. The predicted molar refractivity (Wildman–Crippen MR) is 101 cm³/mol. The Kier molecular flexibility index (Phi) is 7.41. The maximum absolute atomic E-state index is 11.9. The molecule has 0 aliphatic heterocycles. The fraction of sp³-hybridized carbons (Fsp3) is 0.125. The molecule has 0 atom stereocenters. The van der Waals surface area contributed by atoms with Crippen molar-refractivity contribution in [1.82, 2.24) is 0 Å². The van der Waals surface area contributed by atoms with Gasteiger partial charge in [0.1, 0.15) is 16.9 Å². The summed E-state index contributed by atoms with van der Waals surface area (Å²) in [6.45, 7) is 2.56. The molecule has 154 valence electrons. The van der Waals surface area contributed by atoms with E-state index in [0.717, 1.165) is 6.92 Å². The highest BCUT2D eigenvalue weighted by molar-refractivity contribution is 6.07. The first-order chi connectivity index (χ1) is 13.4. The Morgan fingerprint density at radius 2 is 1.66 bits per heavy atom. The van der Waals surface area contributed by atoms with Crippen LogP contribution in [0.25, 0.3) is 0 Å². The molecule has 0 bridgehead atoms. The Morgan fingerprint density at radius 3 is 2.14 bits per heavy atom. The number of nitrogens with two attached hydrogens (primary N) is 2. The summed E-state index contributed by atoms with van der Waals surface area (Å²) in [4.78, 5) is 39.9. The second-order valence-electron chi connectivity index (χ2n) is 5.34. The Labute approximate surface area is 162 Å². The van der Waals surface area contributed by atoms with E-state index in [1.54, 1.807) is 24.3 Å². The number of carbonyl (C=O) groups is 1. The summed E-state index contributed by atoms with van der Waals surface area (Å²) >= 11 is 0. The van der Waals surface area contributed by atoms with Crippen molar-refractivity contribution >= 4 is 28.8 Å². The lowest BCUT2D eigenvalue weighted by Gasteiger charge is -2.07. The average Bonchev–Trinajstić information content (AvgIpc) is 2.52. The fourth-order valence-electron chi connectivity index (χ4n) is 2.18. The molecular formula is C16H17N5O8. The molecule has 0 aliphatic rings. The van der Waals surface area contributed by atoms with Gasteiger partial charge in [-0.3, -0.25) is 9.79 Å². The summed E-state index contributed by atoms with van der Waals surface area (Å²) in [5.74, 6) is -2.42. The number of rotatable bonds is 4. The van der Waals surface area contributed by atoms with Crippen molar-refractivity contribution in [2.45, 2.75) is 13.8 Å². The largest absolute Gasteiger partial charge is 0.506 e. The van der Waals surface area contributed by atoms with E-state index in [9.17, 15) is 19.8 Å². The van der Waals surface area contributed by atoms with Crippen LogP contribution < -0.4 is 17.1 Å². The van der Waals surface area contributed by atoms with Crippen LogP contribution in [0.15, 0.2) is 43.5 Å². The van der Waals surface area contributed by atoms with E-state index in [4.69, 9.17) is 26.8 Å². The summed E-state index contributed by atoms with van der Waals surface area (Å²) in [7, 11) is 0. The molecule has 1 heterocycles. The third kappa shape index (κ3) is 6.35. The minimum atomic E-state index is -1.50. The van der Waals surface area contributed by atoms with Gasteiger partial charge in [0.25, 0.3) is 11.0 Å². The number of Topliss-reactive ketones (excluding diaryl/α,β-unsaturated/α-hetero) is 1. The van der Waals surface area contributed by atoms with Crippen molar-refractivity contribution < 1.29 is 29.7 Å². The number of aromatic hydroxyl groups is 2.